The Bertz CT molecular complexity index is 4010. The number of unbranched alkanes of at least 4 members (excludes halogenated alkanes) is 3. The van der Waals surface area contributed by atoms with E-state index in [0.29, 0.717) is 0 Å². The number of hydrogen-bond acceptors (Lipinski definition) is 37. The molecular weight excluding hydrogens is 1770 g/mol. The minimum absolute atomic E-state index is 0.0899. The first-order chi connectivity index (χ1) is 61.8. The molecule has 0 bridgehead atoms. The average Bonchev–Trinajstić information content (AvgIpc) is 0.837. The molecule has 10 amide bonds. The fourth-order valence-electron chi connectivity index (χ4n) is 13.0. The lowest BCUT2D eigenvalue weighted by atomic mass is 9.96. The molecule has 3 saturated heterocycles. The van der Waals surface area contributed by atoms with Crippen LogP contribution in [0.2, 0.25) is 0 Å². The van der Waals surface area contributed by atoms with E-state index < -0.39 is 336 Å². The van der Waals surface area contributed by atoms with Gasteiger partial charge in [0.25, 0.3) is 0 Å². The normalized spacial score (nSPS) is 21.6. The molecule has 131 heavy (non-hydrogen) atoms. The van der Waals surface area contributed by atoms with Gasteiger partial charge in [0.05, 0.1) is 38.8 Å². The van der Waals surface area contributed by atoms with E-state index in [2.05, 4.69) is 57.9 Å². The zero-order valence-electron chi connectivity index (χ0n) is 73.9. The average molecular weight is 1890 g/mol. The van der Waals surface area contributed by atoms with Crippen molar-refractivity contribution in [3.8, 4) is 5.75 Å². The molecule has 1 aromatic rings. The van der Waals surface area contributed by atoms with Crippen LogP contribution in [0.15, 0.2) is 0 Å². The summed E-state index contributed by atoms with van der Waals surface area (Å²) in [6.07, 6.45) is -18.4. The van der Waals surface area contributed by atoms with Gasteiger partial charge in [0.15, 0.2) is 55.5 Å². The van der Waals surface area contributed by atoms with Crippen LogP contribution in [0.4, 0.5) is 22.0 Å². The van der Waals surface area contributed by atoms with Crippen LogP contribution >= 0.6 is 0 Å². The SMILES string of the molecule is CC(=O)NC1[C@H](OCCCCNC(=O)CNC(=O)CN(CC(=O)NCC(=O)NCCCCO[C@@H]2OC(COC(C)=O)[C@H](OC(C)=O)[C@H](OC(C)=O)C2NC(C)=O)C(CCNC(=O)CCCC(=O)Oc2c(F)c(F)c(F)c(F)c2F)C(=O)NCC(=O)NCCCCO[C@@H]2OC(COC(C)=O)[C@H](OC(C)=O)[C@H](OC(C)=O)C2NC(C)=O)OC(COC(C)=O)[C@H](OC(C)=O)[C@@H]1OC(C)=O. The van der Waals surface area contributed by atoms with Crippen molar-refractivity contribution in [3.05, 3.63) is 29.1 Å². The van der Waals surface area contributed by atoms with E-state index in [1.165, 1.54) is 0 Å². The molecule has 3 aliphatic rings. The molecule has 1 aromatic carbocycles. The van der Waals surface area contributed by atoms with E-state index in [4.69, 9.17) is 71.1 Å². The van der Waals surface area contributed by atoms with Crippen molar-refractivity contribution >= 4 is 119 Å². The maximum Gasteiger partial charge on any atom is 0.311 e. The molecule has 16 atom stereocenters. The molecule has 3 heterocycles. The lowest BCUT2D eigenvalue weighted by molar-refractivity contribution is -0.277. The van der Waals surface area contributed by atoms with E-state index in [1.807, 2.05) is 0 Å². The highest BCUT2D eigenvalue weighted by atomic mass is 19.2. The van der Waals surface area contributed by atoms with E-state index in [0.717, 1.165) is 88.0 Å². The fourth-order valence-corrected chi connectivity index (χ4v) is 13.0. The molecule has 7 unspecified atom stereocenters. The van der Waals surface area contributed by atoms with Gasteiger partial charge in [-0.05, 0) is 51.4 Å². The van der Waals surface area contributed by atoms with E-state index in [9.17, 15) is 118 Å². The second-order valence-electron chi connectivity index (χ2n) is 29.5. The maximum atomic E-state index is 14.6. The molecule has 0 aromatic heterocycles. The van der Waals surface area contributed by atoms with Gasteiger partial charge in [-0.2, -0.15) is 8.78 Å². The quantitative estimate of drug-likeness (QED) is 0.00581. The third-order valence-corrected chi connectivity index (χ3v) is 18.4. The van der Waals surface area contributed by atoms with Crippen molar-refractivity contribution in [2.24, 2.45) is 0 Å². The number of hydrogen-bond donors (Lipinski definition) is 10. The first kappa shape index (κ1) is 111. The van der Waals surface area contributed by atoms with Crippen LogP contribution in [-0.2, 0) is 167 Å². The number of rotatable bonds is 53. The number of nitrogens with zero attached hydrogens (tertiary/aromatic N) is 1. The first-order valence-corrected chi connectivity index (χ1v) is 41.2. The van der Waals surface area contributed by atoms with Crippen molar-refractivity contribution in [3.63, 3.8) is 0 Å². The van der Waals surface area contributed by atoms with Crippen LogP contribution in [-0.4, -0.2) is 320 Å². The molecule has 4 rings (SSSR count). The fraction of sp³-hybridized carbons (Fsp3) is 0.671. The molecule has 0 aliphatic carbocycles. The summed E-state index contributed by atoms with van der Waals surface area (Å²) in [5.41, 5.74) is 0. The van der Waals surface area contributed by atoms with Crippen molar-refractivity contribution in [1.29, 1.82) is 0 Å². The van der Waals surface area contributed by atoms with Crippen LogP contribution in [0.5, 0.6) is 5.75 Å². The summed E-state index contributed by atoms with van der Waals surface area (Å²) >= 11 is 0. The van der Waals surface area contributed by atoms with Gasteiger partial charge in [-0.3, -0.25) is 101 Å². The van der Waals surface area contributed by atoms with Crippen molar-refractivity contribution in [1.82, 2.24) is 58.1 Å². The molecular formula is C79H112F5N11O36. The van der Waals surface area contributed by atoms with Gasteiger partial charge in [-0.25, -0.2) is 13.2 Å². The number of halogens is 5. The topological polar surface area (TPSA) is 613 Å². The van der Waals surface area contributed by atoms with Crippen molar-refractivity contribution < 1.29 is 194 Å². The summed E-state index contributed by atoms with van der Waals surface area (Å²) in [6, 6.07) is -5.67. The summed E-state index contributed by atoms with van der Waals surface area (Å²) in [5.74, 6) is -31.7. The summed E-state index contributed by atoms with van der Waals surface area (Å²) < 4.78 is 158. The van der Waals surface area contributed by atoms with Crippen LogP contribution < -0.4 is 57.9 Å². The minimum atomic E-state index is -2.54. The molecule has 52 heteroatoms. The van der Waals surface area contributed by atoms with E-state index in [1.54, 1.807) is 0 Å². The highest BCUT2D eigenvalue weighted by molar-refractivity contribution is 5.91. The van der Waals surface area contributed by atoms with Crippen molar-refractivity contribution in [2.45, 2.75) is 245 Å². The molecule has 0 radical (unpaired) electrons. The Balaban J connectivity index is 1.57. The number of nitrogens with one attached hydrogen (secondary N) is 10. The zero-order chi connectivity index (χ0) is 97.9. The molecule has 47 nitrogen and oxygen atoms in total. The Morgan fingerprint density at radius 1 is 0.328 bits per heavy atom. The summed E-state index contributed by atoms with van der Waals surface area (Å²) in [4.78, 5) is 256. The molecule has 0 spiro atoms. The molecule has 3 fully saturated rings. The molecule has 3 aliphatic heterocycles. The van der Waals surface area contributed by atoms with Gasteiger partial charge >= 0.3 is 59.7 Å². The number of ether oxygens (including phenoxy) is 16. The van der Waals surface area contributed by atoms with Gasteiger partial charge in [0.1, 0.15) is 56.3 Å². The zero-order valence-corrected chi connectivity index (χ0v) is 73.9. The van der Waals surface area contributed by atoms with Gasteiger partial charge < -0.3 is 129 Å². The number of carbonyl (C=O) groups excluding carboxylic acids is 20. The first-order valence-electron chi connectivity index (χ1n) is 41.2. The summed E-state index contributed by atoms with van der Waals surface area (Å²) in [6.45, 7) is 5.70. The van der Waals surface area contributed by atoms with Gasteiger partial charge in [-0.1, -0.05) is 0 Å². The number of esters is 10. The van der Waals surface area contributed by atoms with Gasteiger partial charge in [0, 0.05) is 142 Å². The Kier molecular flexibility index (Phi) is 48.6. The molecule has 10 N–H and O–H groups in total. The van der Waals surface area contributed by atoms with Gasteiger partial charge in [-0.15, -0.1) is 0 Å². The van der Waals surface area contributed by atoms with Crippen LogP contribution in [0, 0.1) is 29.1 Å². The Hall–Kier alpha value is -12.0. The summed E-state index contributed by atoms with van der Waals surface area (Å²) in [7, 11) is 0. The van der Waals surface area contributed by atoms with E-state index >= 15 is 0 Å². The van der Waals surface area contributed by atoms with Crippen molar-refractivity contribution in [2.75, 3.05) is 98.5 Å². The highest BCUT2D eigenvalue weighted by Gasteiger charge is 2.55. The third-order valence-electron chi connectivity index (χ3n) is 18.4. The lowest BCUT2D eigenvalue weighted by Crippen LogP contribution is -2.66. The molecule has 734 valence electrons. The monoisotopic (exact) mass is 1890 g/mol. The second kappa shape index (κ2) is 57.2. The summed E-state index contributed by atoms with van der Waals surface area (Å²) in [5, 5.41) is 24.8. The maximum absolute atomic E-state index is 14.6. The predicted molar refractivity (Wildman–Crippen MR) is 424 cm³/mol. The lowest BCUT2D eigenvalue weighted by Gasteiger charge is -2.44. The molecule has 0 saturated carbocycles. The number of carbonyl (C=O) groups is 20. The second-order valence-corrected chi connectivity index (χ2v) is 29.5. The number of amides is 10. The Morgan fingerprint density at radius 3 is 0.931 bits per heavy atom. The largest absolute Gasteiger partial charge is 0.463 e. The van der Waals surface area contributed by atoms with Crippen LogP contribution in [0.1, 0.15) is 147 Å². The smallest absolute Gasteiger partial charge is 0.311 e. The number of benzene rings is 1. The van der Waals surface area contributed by atoms with Crippen LogP contribution in [0.3, 0.4) is 0 Å². The Labute approximate surface area is 746 Å². The third kappa shape index (κ3) is 40.9. The van der Waals surface area contributed by atoms with Crippen LogP contribution in [0.25, 0.3) is 0 Å². The minimum Gasteiger partial charge on any atom is -0.463 e. The van der Waals surface area contributed by atoms with E-state index in [-0.39, 0.29) is 78.0 Å². The highest BCUT2D eigenvalue weighted by Crippen LogP contribution is 2.33. The van der Waals surface area contributed by atoms with Gasteiger partial charge in [0.2, 0.25) is 93.9 Å². The predicted octanol–water partition coefficient (Wildman–Crippen LogP) is -3.31. The standard InChI is InChI=1S/C79H112F5N11O36/c1-38(96)92-66-73(125-47(10)105)69(122-44(7)102)51(35-119-41(4)99)128-77(66)116-27-16-13-23-85-55(109)30-89-58(112)33-95(34-59(113)90-31-56(110)86-24-14-17-28-117-78-67(93-39(2)97)74(126-48(11)106)70(123-45(8)103)52(129-78)36-120-42(5)100)50(22-26-88-54(108)20-19-21-60(114)131-72-64(83)62(81)61(80)63(82)65(72)84)76(115)91-32-57(111)87-25-15-18-29-118-79-68(94-40(3)98)75(127-49(12)107)71(124-46(9)104)53(130-79)37-121-43(6)101/h50-53,66-71,73-75,77-79H,13-37H2,1-12H3,(H,85,109)(H,86,110)(H,87,111)(H,88,108)(H,89,112)(H,90,113)(H,91,115)(H,92,96)(H,93,97)(H,94,98)/t50?,51?,52?,53?,66?,67?,68?,69-,70-,71-,73+,74+,75+,77+,78+,79+/m0/s1. The Morgan fingerprint density at radius 2 is 0.626 bits per heavy atom.